The summed E-state index contributed by atoms with van der Waals surface area (Å²) in [6, 6.07) is 13.3. The van der Waals surface area contributed by atoms with Gasteiger partial charge < -0.3 is 5.11 Å². The summed E-state index contributed by atoms with van der Waals surface area (Å²) in [4.78, 5) is 11.2. The fourth-order valence-electron chi connectivity index (χ4n) is 2.02. The molecule has 0 saturated heterocycles. The highest BCUT2D eigenvalue weighted by Crippen LogP contribution is 2.32. The molecule has 19 heavy (non-hydrogen) atoms. The van der Waals surface area contributed by atoms with Gasteiger partial charge in [-0.3, -0.25) is 4.79 Å². The topological polar surface area (TPSA) is 37.3 Å². The van der Waals surface area contributed by atoms with Crippen LogP contribution in [0.25, 0.3) is 11.1 Å². The lowest BCUT2D eigenvalue weighted by atomic mass is 9.91. The van der Waals surface area contributed by atoms with Crippen molar-refractivity contribution in [1.29, 1.82) is 0 Å². The lowest BCUT2D eigenvalue weighted by molar-refractivity contribution is -0.138. The fourth-order valence-corrected chi connectivity index (χ4v) is 2.19. The molecule has 3 heteroatoms. The molecule has 0 aliphatic heterocycles. The Bertz CT molecular complexity index is 603. The van der Waals surface area contributed by atoms with E-state index in [2.05, 4.69) is 0 Å². The van der Waals surface area contributed by atoms with Crippen molar-refractivity contribution in [2.45, 2.75) is 19.8 Å². The van der Waals surface area contributed by atoms with E-state index < -0.39 is 11.9 Å². The van der Waals surface area contributed by atoms with Gasteiger partial charge in [0.15, 0.2) is 0 Å². The zero-order valence-corrected chi connectivity index (χ0v) is 11.6. The maximum atomic E-state index is 11.2. The standard InChI is InChI=1S/C16H15ClO2/c1-10-3-5-12(6-4-10)15-9-13(17)7-8-14(15)11(2)16(18)19/h3-9,11H,1-2H3,(H,18,19). The molecule has 0 radical (unpaired) electrons. The Balaban J connectivity index is 2.57. The molecule has 0 bridgehead atoms. The second-order valence-electron chi connectivity index (χ2n) is 4.66. The summed E-state index contributed by atoms with van der Waals surface area (Å²) < 4.78 is 0. The summed E-state index contributed by atoms with van der Waals surface area (Å²) in [7, 11) is 0. The molecule has 0 aromatic heterocycles. The minimum Gasteiger partial charge on any atom is -0.481 e. The number of carboxylic acid groups (broad SMARTS) is 1. The highest BCUT2D eigenvalue weighted by molar-refractivity contribution is 6.30. The molecule has 0 saturated carbocycles. The number of aryl methyl sites for hydroxylation is 1. The predicted octanol–water partition coefficient (Wildman–Crippen LogP) is 4.50. The van der Waals surface area contributed by atoms with E-state index >= 15 is 0 Å². The summed E-state index contributed by atoms with van der Waals surface area (Å²) in [6.45, 7) is 3.70. The van der Waals surface area contributed by atoms with Gasteiger partial charge in [0.25, 0.3) is 0 Å². The zero-order valence-electron chi connectivity index (χ0n) is 10.9. The maximum absolute atomic E-state index is 11.2. The molecule has 0 fully saturated rings. The van der Waals surface area contributed by atoms with Gasteiger partial charge in [0.1, 0.15) is 0 Å². The number of benzene rings is 2. The van der Waals surface area contributed by atoms with Gasteiger partial charge in [-0.25, -0.2) is 0 Å². The first kappa shape index (κ1) is 13.6. The molecule has 0 spiro atoms. The van der Waals surface area contributed by atoms with Crippen LogP contribution < -0.4 is 0 Å². The van der Waals surface area contributed by atoms with Crippen molar-refractivity contribution in [3.63, 3.8) is 0 Å². The van der Waals surface area contributed by atoms with Crippen LogP contribution in [0.2, 0.25) is 5.02 Å². The molecule has 2 aromatic rings. The van der Waals surface area contributed by atoms with E-state index in [1.165, 1.54) is 5.56 Å². The molecule has 2 aromatic carbocycles. The van der Waals surface area contributed by atoms with Crippen molar-refractivity contribution in [2.24, 2.45) is 0 Å². The van der Waals surface area contributed by atoms with Crippen LogP contribution in [0.1, 0.15) is 24.0 Å². The second kappa shape index (κ2) is 5.45. The quantitative estimate of drug-likeness (QED) is 0.894. The Kier molecular flexibility index (Phi) is 3.91. The van der Waals surface area contributed by atoms with Gasteiger partial charge in [-0.05, 0) is 42.7 Å². The molecule has 1 atom stereocenters. The lowest BCUT2D eigenvalue weighted by Crippen LogP contribution is -2.08. The third-order valence-electron chi connectivity index (χ3n) is 3.21. The number of carbonyl (C=O) groups is 1. The van der Waals surface area contributed by atoms with Crippen LogP contribution in [0.15, 0.2) is 42.5 Å². The fraction of sp³-hybridized carbons (Fsp3) is 0.188. The third kappa shape index (κ3) is 2.96. The average molecular weight is 275 g/mol. The van der Waals surface area contributed by atoms with E-state index in [-0.39, 0.29) is 0 Å². The van der Waals surface area contributed by atoms with Crippen molar-refractivity contribution in [1.82, 2.24) is 0 Å². The van der Waals surface area contributed by atoms with E-state index in [9.17, 15) is 9.90 Å². The average Bonchev–Trinajstić information content (AvgIpc) is 2.38. The van der Waals surface area contributed by atoms with Crippen molar-refractivity contribution < 1.29 is 9.90 Å². The van der Waals surface area contributed by atoms with E-state index in [4.69, 9.17) is 11.6 Å². The van der Waals surface area contributed by atoms with Crippen molar-refractivity contribution >= 4 is 17.6 Å². The number of halogens is 1. The lowest BCUT2D eigenvalue weighted by Gasteiger charge is -2.14. The smallest absolute Gasteiger partial charge is 0.310 e. The SMILES string of the molecule is Cc1ccc(-c2cc(Cl)ccc2C(C)C(=O)O)cc1. The van der Waals surface area contributed by atoms with Crippen molar-refractivity contribution in [3.8, 4) is 11.1 Å². The summed E-state index contributed by atoms with van der Waals surface area (Å²) in [5.74, 6) is -1.40. The van der Waals surface area contributed by atoms with E-state index in [0.29, 0.717) is 5.02 Å². The van der Waals surface area contributed by atoms with E-state index in [0.717, 1.165) is 16.7 Å². The highest BCUT2D eigenvalue weighted by Gasteiger charge is 2.18. The van der Waals surface area contributed by atoms with E-state index in [1.807, 2.05) is 37.3 Å². The van der Waals surface area contributed by atoms with Gasteiger partial charge in [0.2, 0.25) is 0 Å². The number of hydrogen-bond acceptors (Lipinski definition) is 1. The molecule has 0 aliphatic carbocycles. The van der Waals surface area contributed by atoms with Gasteiger partial charge in [-0.1, -0.05) is 47.5 Å². The first-order chi connectivity index (χ1) is 8.99. The Morgan fingerprint density at radius 2 is 1.79 bits per heavy atom. The van der Waals surface area contributed by atoms with Gasteiger partial charge in [0.05, 0.1) is 5.92 Å². The van der Waals surface area contributed by atoms with Crippen LogP contribution in [0.3, 0.4) is 0 Å². The molecule has 1 N–H and O–H groups in total. The van der Waals surface area contributed by atoms with Crippen molar-refractivity contribution in [3.05, 3.63) is 58.6 Å². The Hall–Kier alpha value is -1.80. The van der Waals surface area contributed by atoms with E-state index in [1.54, 1.807) is 19.1 Å². The first-order valence-corrected chi connectivity index (χ1v) is 6.46. The third-order valence-corrected chi connectivity index (χ3v) is 3.45. The van der Waals surface area contributed by atoms with Crippen LogP contribution in [-0.2, 0) is 4.79 Å². The molecule has 1 unspecified atom stereocenters. The number of carboxylic acids is 1. The number of hydrogen-bond donors (Lipinski definition) is 1. The van der Waals surface area contributed by atoms with Gasteiger partial charge in [0, 0.05) is 5.02 Å². The molecular weight excluding hydrogens is 260 g/mol. The van der Waals surface area contributed by atoms with Crippen LogP contribution in [0, 0.1) is 6.92 Å². The minimum absolute atomic E-state index is 0.562. The van der Waals surface area contributed by atoms with Gasteiger partial charge in [-0.15, -0.1) is 0 Å². The summed E-state index contributed by atoms with van der Waals surface area (Å²) in [6.07, 6.45) is 0. The Labute approximate surface area is 117 Å². The van der Waals surface area contributed by atoms with Crippen LogP contribution in [0.5, 0.6) is 0 Å². The van der Waals surface area contributed by atoms with Gasteiger partial charge in [-0.2, -0.15) is 0 Å². The monoisotopic (exact) mass is 274 g/mol. The number of rotatable bonds is 3. The minimum atomic E-state index is -0.837. The zero-order chi connectivity index (χ0) is 14.0. The highest BCUT2D eigenvalue weighted by atomic mass is 35.5. The predicted molar refractivity (Wildman–Crippen MR) is 77.7 cm³/mol. The molecule has 0 amide bonds. The summed E-state index contributed by atoms with van der Waals surface area (Å²) in [5, 5.41) is 9.80. The van der Waals surface area contributed by atoms with Crippen LogP contribution in [0.4, 0.5) is 0 Å². The van der Waals surface area contributed by atoms with Crippen LogP contribution in [-0.4, -0.2) is 11.1 Å². The van der Waals surface area contributed by atoms with Crippen LogP contribution >= 0.6 is 11.6 Å². The molecule has 0 aliphatic rings. The first-order valence-electron chi connectivity index (χ1n) is 6.08. The summed E-state index contributed by atoms with van der Waals surface area (Å²) >= 11 is 6.03. The normalized spacial score (nSPS) is 12.2. The second-order valence-corrected chi connectivity index (χ2v) is 5.09. The molecular formula is C16H15ClO2. The van der Waals surface area contributed by atoms with Crippen molar-refractivity contribution in [2.75, 3.05) is 0 Å². The molecule has 2 rings (SSSR count). The Morgan fingerprint density at radius 1 is 1.16 bits per heavy atom. The number of aliphatic carboxylic acids is 1. The Morgan fingerprint density at radius 3 is 2.37 bits per heavy atom. The maximum Gasteiger partial charge on any atom is 0.310 e. The molecule has 0 heterocycles. The van der Waals surface area contributed by atoms with Gasteiger partial charge >= 0.3 is 5.97 Å². The molecule has 98 valence electrons. The summed E-state index contributed by atoms with van der Waals surface area (Å²) in [5.41, 5.74) is 3.80. The molecule has 2 nitrogen and oxygen atoms in total. The largest absolute Gasteiger partial charge is 0.481 e.